The van der Waals surface area contributed by atoms with Crippen LogP contribution < -0.4 is 5.32 Å². The van der Waals surface area contributed by atoms with E-state index in [4.69, 9.17) is 0 Å². The van der Waals surface area contributed by atoms with Crippen molar-refractivity contribution in [2.24, 2.45) is 0 Å². The van der Waals surface area contributed by atoms with Crippen LogP contribution in [0.25, 0.3) is 0 Å². The number of halogens is 2. The molecule has 0 aliphatic rings. The van der Waals surface area contributed by atoms with Crippen molar-refractivity contribution < 1.29 is 8.78 Å². The highest BCUT2D eigenvalue weighted by Crippen LogP contribution is 1.91. The van der Waals surface area contributed by atoms with E-state index in [-0.39, 0.29) is 0 Å². The summed E-state index contributed by atoms with van der Waals surface area (Å²) in [6, 6.07) is 0. The van der Waals surface area contributed by atoms with Crippen LogP contribution in [-0.4, -0.2) is 12.6 Å². The third-order valence-corrected chi connectivity index (χ3v) is 0.732. The van der Waals surface area contributed by atoms with Gasteiger partial charge < -0.3 is 0 Å². The van der Waals surface area contributed by atoms with Gasteiger partial charge in [-0.15, -0.1) is 0 Å². The molecular weight excluding hydrogens is 124 g/mol. The van der Waals surface area contributed by atoms with Gasteiger partial charge in [-0.3, -0.25) is 5.32 Å². The van der Waals surface area contributed by atoms with Gasteiger partial charge in [0.25, 0.3) is 0 Å². The standard InChI is InChI=1S/C6H9F2N/c1-3-5(7)9-6(8)4-2/h3-6,9H,1-2H2. The number of alkyl halides is 2. The van der Waals surface area contributed by atoms with Gasteiger partial charge >= 0.3 is 0 Å². The zero-order chi connectivity index (χ0) is 7.28. The van der Waals surface area contributed by atoms with Crippen LogP contribution >= 0.6 is 0 Å². The Labute approximate surface area is 53.1 Å². The third-order valence-electron chi connectivity index (χ3n) is 0.732. The Balaban J connectivity index is 3.45. The quantitative estimate of drug-likeness (QED) is 0.453. The number of hydrogen-bond acceptors (Lipinski definition) is 1. The van der Waals surface area contributed by atoms with Crippen molar-refractivity contribution in [2.75, 3.05) is 0 Å². The van der Waals surface area contributed by atoms with E-state index in [0.717, 1.165) is 12.2 Å². The molecule has 9 heavy (non-hydrogen) atoms. The second kappa shape index (κ2) is 4.21. The average molecular weight is 133 g/mol. The van der Waals surface area contributed by atoms with Gasteiger partial charge in [-0.05, 0) is 12.2 Å². The van der Waals surface area contributed by atoms with Crippen LogP contribution in [0.4, 0.5) is 8.78 Å². The van der Waals surface area contributed by atoms with E-state index >= 15 is 0 Å². The van der Waals surface area contributed by atoms with Gasteiger partial charge in [0, 0.05) is 0 Å². The minimum Gasteiger partial charge on any atom is -0.251 e. The fourth-order valence-electron chi connectivity index (χ4n) is 0.288. The second-order valence-electron chi connectivity index (χ2n) is 1.44. The Bertz CT molecular complexity index is 91.2. The highest BCUT2D eigenvalue weighted by atomic mass is 19.2. The summed E-state index contributed by atoms with van der Waals surface area (Å²) in [4.78, 5) is 0. The Hall–Kier alpha value is -0.700. The molecule has 0 aromatic heterocycles. The largest absolute Gasteiger partial charge is 0.251 e. The van der Waals surface area contributed by atoms with E-state index < -0.39 is 12.6 Å². The van der Waals surface area contributed by atoms with Crippen LogP contribution in [0.5, 0.6) is 0 Å². The maximum absolute atomic E-state index is 12.1. The Morgan fingerprint density at radius 3 is 1.67 bits per heavy atom. The van der Waals surface area contributed by atoms with Crippen molar-refractivity contribution in [2.45, 2.75) is 12.6 Å². The minimum atomic E-state index is -1.50. The SMILES string of the molecule is C=CC(F)NC(F)C=C. The van der Waals surface area contributed by atoms with E-state index in [2.05, 4.69) is 13.2 Å². The van der Waals surface area contributed by atoms with E-state index in [9.17, 15) is 8.78 Å². The first-order valence-electron chi connectivity index (χ1n) is 2.50. The van der Waals surface area contributed by atoms with Crippen molar-refractivity contribution in [3.05, 3.63) is 25.3 Å². The molecule has 0 fully saturated rings. The number of rotatable bonds is 4. The lowest BCUT2D eigenvalue weighted by atomic mass is 10.5. The summed E-state index contributed by atoms with van der Waals surface area (Å²) in [6.07, 6.45) is -1.07. The van der Waals surface area contributed by atoms with Gasteiger partial charge in [0.05, 0.1) is 0 Å². The molecule has 0 saturated heterocycles. The lowest BCUT2D eigenvalue weighted by molar-refractivity contribution is 0.236. The molecule has 0 aliphatic carbocycles. The zero-order valence-corrected chi connectivity index (χ0v) is 4.98. The molecule has 0 aromatic carbocycles. The van der Waals surface area contributed by atoms with Crippen LogP contribution in [0, 0.1) is 0 Å². The lowest BCUT2D eigenvalue weighted by Gasteiger charge is -2.05. The fourth-order valence-corrected chi connectivity index (χ4v) is 0.288. The number of nitrogens with one attached hydrogen (secondary N) is 1. The zero-order valence-electron chi connectivity index (χ0n) is 4.98. The first kappa shape index (κ1) is 8.30. The van der Waals surface area contributed by atoms with Gasteiger partial charge in [0.1, 0.15) is 0 Å². The molecule has 0 heterocycles. The molecule has 0 saturated carbocycles. The van der Waals surface area contributed by atoms with E-state index in [1.54, 1.807) is 0 Å². The second-order valence-corrected chi connectivity index (χ2v) is 1.44. The van der Waals surface area contributed by atoms with Gasteiger partial charge in [-0.25, -0.2) is 8.78 Å². The van der Waals surface area contributed by atoms with Crippen LogP contribution in [0.1, 0.15) is 0 Å². The normalized spacial score (nSPS) is 16.2. The molecule has 0 bridgehead atoms. The molecule has 0 aliphatic heterocycles. The lowest BCUT2D eigenvalue weighted by Crippen LogP contribution is -2.29. The molecule has 1 nitrogen and oxygen atoms in total. The summed E-state index contributed by atoms with van der Waals surface area (Å²) in [5.41, 5.74) is 0. The summed E-state index contributed by atoms with van der Waals surface area (Å²) >= 11 is 0. The van der Waals surface area contributed by atoms with Crippen LogP contribution in [0.15, 0.2) is 25.3 Å². The van der Waals surface area contributed by atoms with Crippen molar-refractivity contribution in [3.8, 4) is 0 Å². The van der Waals surface area contributed by atoms with E-state index in [1.165, 1.54) is 0 Å². The molecule has 2 unspecified atom stereocenters. The molecule has 0 rings (SSSR count). The maximum atomic E-state index is 12.1. The first-order chi connectivity index (χ1) is 4.20. The first-order valence-corrected chi connectivity index (χ1v) is 2.50. The Morgan fingerprint density at radius 1 is 1.11 bits per heavy atom. The third kappa shape index (κ3) is 3.85. The molecule has 0 radical (unpaired) electrons. The molecule has 52 valence electrons. The molecule has 2 atom stereocenters. The molecule has 0 aromatic rings. The van der Waals surface area contributed by atoms with E-state index in [1.807, 2.05) is 5.32 Å². The maximum Gasteiger partial charge on any atom is 0.172 e. The summed E-state index contributed by atoms with van der Waals surface area (Å²) in [6.45, 7) is 6.22. The molecule has 1 N–H and O–H groups in total. The Morgan fingerprint density at radius 2 is 1.44 bits per heavy atom. The molecule has 0 amide bonds. The molecule has 0 spiro atoms. The van der Waals surface area contributed by atoms with Crippen LogP contribution in [-0.2, 0) is 0 Å². The Kier molecular flexibility index (Phi) is 3.88. The van der Waals surface area contributed by atoms with Gasteiger partial charge in [0.15, 0.2) is 12.6 Å². The van der Waals surface area contributed by atoms with Crippen LogP contribution in [0.2, 0.25) is 0 Å². The molecule has 3 heteroatoms. The average Bonchev–Trinajstić information content (AvgIpc) is 1.87. The van der Waals surface area contributed by atoms with Gasteiger partial charge in [-0.1, -0.05) is 13.2 Å². The predicted octanol–water partition coefficient (Wildman–Crippen LogP) is 1.54. The predicted molar refractivity (Wildman–Crippen MR) is 33.3 cm³/mol. The van der Waals surface area contributed by atoms with Crippen molar-refractivity contribution in [1.82, 2.24) is 5.32 Å². The summed E-state index contributed by atoms with van der Waals surface area (Å²) in [5, 5.41) is 1.91. The summed E-state index contributed by atoms with van der Waals surface area (Å²) in [5.74, 6) is 0. The summed E-state index contributed by atoms with van der Waals surface area (Å²) in [7, 11) is 0. The monoisotopic (exact) mass is 133 g/mol. The van der Waals surface area contributed by atoms with Gasteiger partial charge in [0.2, 0.25) is 0 Å². The van der Waals surface area contributed by atoms with Crippen molar-refractivity contribution >= 4 is 0 Å². The smallest absolute Gasteiger partial charge is 0.172 e. The minimum absolute atomic E-state index is 0.968. The highest BCUT2D eigenvalue weighted by molar-refractivity contribution is 4.83. The van der Waals surface area contributed by atoms with Gasteiger partial charge in [-0.2, -0.15) is 0 Å². The summed E-state index contributed by atoms with van der Waals surface area (Å²) < 4.78 is 24.1. The number of hydrogen-bond donors (Lipinski definition) is 1. The van der Waals surface area contributed by atoms with Crippen LogP contribution in [0.3, 0.4) is 0 Å². The highest BCUT2D eigenvalue weighted by Gasteiger charge is 2.04. The molecular formula is C6H9F2N. The topological polar surface area (TPSA) is 12.0 Å². The van der Waals surface area contributed by atoms with Crippen molar-refractivity contribution in [3.63, 3.8) is 0 Å². The van der Waals surface area contributed by atoms with E-state index in [0.29, 0.717) is 0 Å². The fraction of sp³-hybridized carbons (Fsp3) is 0.333. The van der Waals surface area contributed by atoms with Crippen molar-refractivity contribution in [1.29, 1.82) is 0 Å².